The zero-order chi connectivity index (χ0) is 21.2. The van der Waals surface area contributed by atoms with Crippen LogP contribution in [0.4, 0.5) is 10.9 Å². The molecule has 7 nitrogen and oxygen atoms in total. The SMILES string of the molecule is Nc1nc2nc(SCc3cccc(Oc4ccccc4)c3)nc(N3CCC(O)C3)c2s1. The quantitative estimate of drug-likeness (QED) is 0.330. The lowest BCUT2D eigenvalue weighted by Crippen LogP contribution is -2.22. The van der Waals surface area contributed by atoms with Crippen molar-refractivity contribution in [2.24, 2.45) is 0 Å². The van der Waals surface area contributed by atoms with Crippen molar-refractivity contribution < 1.29 is 9.84 Å². The molecule has 1 aliphatic rings. The molecule has 4 aromatic rings. The number of β-amino-alcohol motifs (C(OH)–C–C–N with tert-alkyl or cyclic N) is 1. The molecule has 0 bridgehead atoms. The van der Waals surface area contributed by atoms with Crippen LogP contribution in [0.25, 0.3) is 10.3 Å². The van der Waals surface area contributed by atoms with Crippen molar-refractivity contribution in [1.29, 1.82) is 0 Å². The standard InChI is InChI=1S/C22H21N5O2S2/c23-21-24-19-18(31-21)20(27-10-9-15(28)12-27)26-22(25-19)30-13-14-5-4-8-17(11-14)29-16-6-2-1-3-7-16/h1-8,11,15,28H,9-10,12-13H2,(H2,23,24,25,26). The van der Waals surface area contributed by atoms with E-state index in [1.165, 1.54) is 11.3 Å². The zero-order valence-electron chi connectivity index (χ0n) is 16.6. The van der Waals surface area contributed by atoms with Crippen molar-refractivity contribution in [3.63, 3.8) is 0 Å². The average molecular weight is 452 g/mol. The lowest BCUT2D eigenvalue weighted by atomic mass is 10.2. The van der Waals surface area contributed by atoms with E-state index in [-0.39, 0.29) is 6.10 Å². The van der Waals surface area contributed by atoms with Gasteiger partial charge in [-0.1, -0.05) is 53.4 Å². The number of ether oxygens (including phenoxy) is 1. The molecule has 3 N–H and O–H groups in total. The number of hydrogen-bond donors (Lipinski definition) is 2. The normalized spacial score (nSPS) is 16.2. The van der Waals surface area contributed by atoms with Gasteiger partial charge in [-0.2, -0.15) is 0 Å². The van der Waals surface area contributed by atoms with Gasteiger partial charge < -0.3 is 20.5 Å². The number of benzene rings is 2. The van der Waals surface area contributed by atoms with E-state index in [0.717, 1.165) is 40.5 Å². The molecule has 2 aromatic carbocycles. The van der Waals surface area contributed by atoms with Crippen LogP contribution in [0.3, 0.4) is 0 Å². The molecular formula is C22H21N5O2S2. The number of anilines is 2. The van der Waals surface area contributed by atoms with Crippen LogP contribution in [0, 0.1) is 0 Å². The fourth-order valence-corrected chi connectivity index (χ4v) is 5.06. The number of thioether (sulfide) groups is 1. The first-order chi connectivity index (χ1) is 15.1. The van der Waals surface area contributed by atoms with E-state index in [2.05, 4.69) is 20.9 Å². The summed E-state index contributed by atoms with van der Waals surface area (Å²) in [7, 11) is 0. The Morgan fingerprint density at radius 3 is 2.74 bits per heavy atom. The Hall–Kier alpha value is -2.88. The van der Waals surface area contributed by atoms with Crippen molar-refractivity contribution in [3.05, 3.63) is 60.2 Å². The van der Waals surface area contributed by atoms with Crippen LogP contribution in [-0.2, 0) is 5.75 Å². The minimum Gasteiger partial charge on any atom is -0.457 e. The number of aromatic nitrogens is 3. The summed E-state index contributed by atoms with van der Waals surface area (Å²) >= 11 is 2.93. The van der Waals surface area contributed by atoms with Crippen LogP contribution in [0.5, 0.6) is 11.5 Å². The summed E-state index contributed by atoms with van der Waals surface area (Å²) in [5.74, 6) is 3.10. The smallest absolute Gasteiger partial charge is 0.191 e. The monoisotopic (exact) mass is 451 g/mol. The van der Waals surface area contributed by atoms with Gasteiger partial charge in [-0.15, -0.1) is 0 Å². The molecule has 0 aliphatic carbocycles. The van der Waals surface area contributed by atoms with Crippen LogP contribution >= 0.6 is 23.1 Å². The van der Waals surface area contributed by atoms with E-state index < -0.39 is 0 Å². The lowest BCUT2D eigenvalue weighted by Gasteiger charge is -2.17. The van der Waals surface area contributed by atoms with E-state index in [0.29, 0.717) is 28.2 Å². The highest BCUT2D eigenvalue weighted by molar-refractivity contribution is 7.98. The molecule has 1 saturated heterocycles. The molecule has 0 amide bonds. The van der Waals surface area contributed by atoms with Crippen LogP contribution in [0.1, 0.15) is 12.0 Å². The number of aliphatic hydroxyl groups is 1. The highest BCUT2D eigenvalue weighted by atomic mass is 32.2. The van der Waals surface area contributed by atoms with Crippen LogP contribution in [0.15, 0.2) is 59.8 Å². The lowest BCUT2D eigenvalue weighted by molar-refractivity contribution is 0.198. The average Bonchev–Trinajstić information content (AvgIpc) is 3.37. The van der Waals surface area contributed by atoms with Gasteiger partial charge in [0.2, 0.25) is 0 Å². The summed E-state index contributed by atoms with van der Waals surface area (Å²) in [4.78, 5) is 15.8. The Labute approximate surface area is 187 Å². The highest BCUT2D eigenvalue weighted by Crippen LogP contribution is 2.35. The number of hydrogen-bond acceptors (Lipinski definition) is 9. The van der Waals surface area contributed by atoms with E-state index in [4.69, 9.17) is 15.5 Å². The topological polar surface area (TPSA) is 97.4 Å². The van der Waals surface area contributed by atoms with Gasteiger partial charge in [-0.05, 0) is 36.2 Å². The molecule has 158 valence electrons. The van der Waals surface area contributed by atoms with E-state index in [1.807, 2.05) is 48.5 Å². The van der Waals surface area contributed by atoms with Crippen molar-refractivity contribution >= 4 is 44.4 Å². The van der Waals surface area contributed by atoms with Gasteiger partial charge in [-0.3, -0.25) is 0 Å². The fraction of sp³-hybridized carbons (Fsp3) is 0.227. The van der Waals surface area contributed by atoms with Gasteiger partial charge in [0.05, 0.1) is 6.10 Å². The maximum Gasteiger partial charge on any atom is 0.191 e. The molecule has 0 radical (unpaired) electrons. The predicted octanol–water partition coefficient (Wildman–Crippen LogP) is 4.32. The molecule has 0 saturated carbocycles. The molecule has 31 heavy (non-hydrogen) atoms. The summed E-state index contributed by atoms with van der Waals surface area (Å²) in [6, 6.07) is 17.7. The number of fused-ring (bicyclic) bond motifs is 1. The number of aliphatic hydroxyl groups excluding tert-OH is 1. The van der Waals surface area contributed by atoms with Crippen molar-refractivity contribution in [1.82, 2.24) is 15.0 Å². The van der Waals surface area contributed by atoms with Gasteiger partial charge >= 0.3 is 0 Å². The molecule has 9 heteroatoms. The van der Waals surface area contributed by atoms with Crippen molar-refractivity contribution in [2.75, 3.05) is 23.7 Å². The predicted molar refractivity (Wildman–Crippen MR) is 125 cm³/mol. The third-order valence-electron chi connectivity index (χ3n) is 4.94. The summed E-state index contributed by atoms with van der Waals surface area (Å²) in [5.41, 5.74) is 7.65. The van der Waals surface area contributed by atoms with Gasteiger partial charge in [0.1, 0.15) is 16.2 Å². The molecule has 1 fully saturated rings. The minimum absolute atomic E-state index is 0.334. The molecule has 5 rings (SSSR count). The number of nitrogens with zero attached hydrogens (tertiary/aromatic N) is 4. The third-order valence-corrected chi connectivity index (χ3v) is 6.73. The maximum atomic E-state index is 9.95. The largest absolute Gasteiger partial charge is 0.457 e. The van der Waals surface area contributed by atoms with Crippen molar-refractivity contribution in [2.45, 2.75) is 23.4 Å². The first-order valence-corrected chi connectivity index (χ1v) is 11.8. The second-order valence-electron chi connectivity index (χ2n) is 7.27. The van der Waals surface area contributed by atoms with Gasteiger partial charge in [0.25, 0.3) is 0 Å². The van der Waals surface area contributed by atoms with E-state index in [1.54, 1.807) is 11.8 Å². The summed E-state index contributed by atoms with van der Waals surface area (Å²) < 4.78 is 6.80. The molecule has 0 spiro atoms. The Morgan fingerprint density at radius 2 is 1.94 bits per heavy atom. The Kier molecular flexibility index (Phi) is 5.63. The van der Waals surface area contributed by atoms with E-state index in [9.17, 15) is 5.11 Å². The van der Waals surface area contributed by atoms with Gasteiger partial charge in [-0.25, -0.2) is 15.0 Å². The zero-order valence-corrected chi connectivity index (χ0v) is 18.3. The van der Waals surface area contributed by atoms with Gasteiger partial charge in [0, 0.05) is 18.8 Å². The van der Waals surface area contributed by atoms with Crippen molar-refractivity contribution in [3.8, 4) is 11.5 Å². The number of rotatable bonds is 6. The van der Waals surface area contributed by atoms with Crippen LogP contribution in [0.2, 0.25) is 0 Å². The molecule has 1 unspecified atom stereocenters. The Balaban J connectivity index is 1.36. The third kappa shape index (κ3) is 4.58. The summed E-state index contributed by atoms with van der Waals surface area (Å²) in [5, 5.41) is 11.1. The van der Waals surface area contributed by atoms with Gasteiger partial charge in [0.15, 0.2) is 21.8 Å². The molecule has 1 aliphatic heterocycles. The van der Waals surface area contributed by atoms with Crippen LogP contribution < -0.4 is 15.4 Å². The number of para-hydroxylation sites is 1. The van der Waals surface area contributed by atoms with E-state index >= 15 is 0 Å². The molecular weight excluding hydrogens is 430 g/mol. The summed E-state index contributed by atoms with van der Waals surface area (Å²) in [6.07, 6.45) is 0.398. The first kappa shape index (κ1) is 20.0. The number of nitrogens with two attached hydrogens (primary N) is 1. The molecule has 2 aromatic heterocycles. The fourth-order valence-electron chi connectivity index (χ4n) is 3.49. The van der Waals surface area contributed by atoms with Crippen LogP contribution in [-0.4, -0.2) is 39.3 Å². The Bertz CT molecular complexity index is 1200. The number of nitrogen functional groups attached to an aromatic ring is 1. The second-order valence-corrected chi connectivity index (χ2v) is 9.25. The second kappa shape index (κ2) is 8.70. The first-order valence-electron chi connectivity index (χ1n) is 9.96. The Morgan fingerprint density at radius 1 is 1.10 bits per heavy atom. The summed E-state index contributed by atoms with van der Waals surface area (Å²) in [6.45, 7) is 1.32. The molecule has 1 atom stereocenters. The maximum absolute atomic E-state index is 9.95. The molecule has 3 heterocycles. The number of thiazole rings is 1. The minimum atomic E-state index is -0.334. The highest BCUT2D eigenvalue weighted by Gasteiger charge is 2.25.